The quantitative estimate of drug-likeness (QED) is 0.208. The summed E-state index contributed by atoms with van der Waals surface area (Å²) >= 11 is 0.249. The third-order valence-corrected chi connectivity index (χ3v) is 5.08. The highest BCUT2D eigenvalue weighted by Gasteiger charge is 2.18. The van der Waals surface area contributed by atoms with Crippen LogP contribution in [0, 0.1) is 11.8 Å². The number of rotatable bonds is 15. The zero-order chi connectivity index (χ0) is 23.2. The molecule has 1 aromatic heterocycles. The van der Waals surface area contributed by atoms with Crippen molar-refractivity contribution in [3.63, 3.8) is 0 Å². The second-order valence-corrected chi connectivity index (χ2v) is 7.79. The number of hydrogen-bond acceptors (Lipinski definition) is 9. The molecule has 2 rings (SSSR count). The van der Waals surface area contributed by atoms with Gasteiger partial charge >= 0.3 is 0 Å². The van der Waals surface area contributed by atoms with Gasteiger partial charge in [-0.3, -0.25) is 4.99 Å². The van der Waals surface area contributed by atoms with E-state index in [9.17, 15) is 8.79 Å². The standard InChI is InChI=1S/C22H31FN6O2S/c1-16-12-18(14-28-22(16)31-10-11-32-23)13-25-15-19-20(24-3)6-9-27-21(19)17(2)26-7-4-5-8-29-30/h6,9,12,14-15,20,24,26-27H,2,4-5,7-8,10-11,13H2,1,3H3. The van der Waals surface area contributed by atoms with E-state index < -0.39 is 0 Å². The molecule has 0 aliphatic carbocycles. The monoisotopic (exact) mass is 462 g/mol. The normalized spacial score (nSPS) is 15.7. The number of nitrogens with one attached hydrogen (secondary N) is 3. The van der Waals surface area contributed by atoms with Crippen LogP contribution in [0.4, 0.5) is 3.89 Å². The molecule has 0 amide bonds. The number of likely N-dealkylation sites (N-methyl/N-ethyl adjacent to an activating group) is 1. The number of nitrogens with zero attached hydrogens (tertiary/aromatic N) is 3. The van der Waals surface area contributed by atoms with Gasteiger partial charge in [0.05, 0.1) is 36.3 Å². The summed E-state index contributed by atoms with van der Waals surface area (Å²) < 4.78 is 17.6. The van der Waals surface area contributed by atoms with E-state index in [-0.39, 0.29) is 30.5 Å². The van der Waals surface area contributed by atoms with Crippen LogP contribution in [0.2, 0.25) is 0 Å². The Morgan fingerprint density at radius 3 is 3.03 bits per heavy atom. The molecule has 10 heteroatoms. The fourth-order valence-corrected chi connectivity index (χ4v) is 3.28. The lowest BCUT2D eigenvalue weighted by Crippen LogP contribution is -2.35. The molecule has 3 N–H and O–H groups in total. The smallest absolute Gasteiger partial charge is 0.216 e. The summed E-state index contributed by atoms with van der Waals surface area (Å²) in [6.45, 7) is 7.83. The van der Waals surface area contributed by atoms with Gasteiger partial charge in [0, 0.05) is 42.2 Å². The molecule has 174 valence electrons. The molecular weight excluding hydrogens is 431 g/mol. The highest BCUT2D eigenvalue weighted by molar-refractivity contribution is 7.94. The Labute approximate surface area is 193 Å². The maximum Gasteiger partial charge on any atom is 0.216 e. The van der Waals surface area contributed by atoms with E-state index in [1.165, 1.54) is 0 Å². The van der Waals surface area contributed by atoms with Crippen LogP contribution in [-0.2, 0) is 6.54 Å². The van der Waals surface area contributed by atoms with Crippen LogP contribution in [0.5, 0.6) is 5.88 Å². The second-order valence-electron chi connectivity index (χ2n) is 7.16. The lowest BCUT2D eigenvalue weighted by molar-refractivity contribution is 0.327. The van der Waals surface area contributed by atoms with Crippen molar-refractivity contribution < 1.29 is 8.62 Å². The molecule has 32 heavy (non-hydrogen) atoms. The summed E-state index contributed by atoms with van der Waals surface area (Å²) in [7, 11) is 1.89. The van der Waals surface area contributed by atoms with E-state index in [1.807, 2.05) is 38.5 Å². The van der Waals surface area contributed by atoms with Crippen LogP contribution in [0.15, 0.2) is 58.3 Å². The summed E-state index contributed by atoms with van der Waals surface area (Å²) in [6, 6.07) is 1.97. The maximum absolute atomic E-state index is 12.2. The molecule has 0 fully saturated rings. The van der Waals surface area contributed by atoms with Crippen molar-refractivity contribution in [1.82, 2.24) is 20.9 Å². The van der Waals surface area contributed by atoms with E-state index in [0.29, 0.717) is 25.5 Å². The minimum absolute atomic E-state index is 0.00294. The number of aliphatic imine (C=N–C) groups is 1. The molecule has 1 aliphatic heterocycles. The van der Waals surface area contributed by atoms with E-state index in [1.54, 1.807) is 6.20 Å². The molecule has 1 aliphatic rings. The molecule has 0 saturated heterocycles. The number of nitroso groups, excluding NO2 is 1. The zero-order valence-corrected chi connectivity index (χ0v) is 19.4. The van der Waals surface area contributed by atoms with Gasteiger partial charge in [0.15, 0.2) is 0 Å². The summed E-state index contributed by atoms with van der Waals surface area (Å²) in [5.74, 6) is 0.787. The number of hydrogen-bond donors (Lipinski definition) is 3. The van der Waals surface area contributed by atoms with Crippen LogP contribution < -0.4 is 20.7 Å². The van der Waals surface area contributed by atoms with Crippen molar-refractivity contribution in [2.24, 2.45) is 10.2 Å². The van der Waals surface area contributed by atoms with Crippen LogP contribution >= 0.6 is 12.1 Å². The van der Waals surface area contributed by atoms with E-state index in [2.05, 4.69) is 37.7 Å². The maximum atomic E-state index is 12.2. The summed E-state index contributed by atoms with van der Waals surface area (Å²) in [4.78, 5) is 19.1. The van der Waals surface area contributed by atoms with Gasteiger partial charge in [-0.15, -0.1) is 0 Å². The number of aryl methyl sites for hydroxylation is 1. The first-order valence-corrected chi connectivity index (χ1v) is 11.4. The molecule has 0 radical (unpaired) electrons. The predicted octanol–water partition coefficient (Wildman–Crippen LogP) is 3.57. The van der Waals surface area contributed by atoms with Gasteiger partial charge in [-0.2, -0.15) is 8.79 Å². The highest BCUT2D eigenvalue weighted by atomic mass is 32.2. The molecular formula is C22H31FN6O2S. The first-order chi connectivity index (χ1) is 15.6. The zero-order valence-electron chi connectivity index (χ0n) is 18.6. The van der Waals surface area contributed by atoms with Crippen LogP contribution in [-0.4, -0.2) is 49.7 Å². The van der Waals surface area contributed by atoms with E-state index in [4.69, 9.17) is 4.74 Å². The molecule has 1 unspecified atom stereocenters. The SMILES string of the molecule is C=C(NCCCCN=O)C1=C(C=NCc2cnc(OCCSF)c(C)c2)C(NC)C=CN1. The number of ether oxygens (including phenoxy) is 1. The molecule has 8 nitrogen and oxygen atoms in total. The average Bonchev–Trinajstić information content (AvgIpc) is 2.80. The van der Waals surface area contributed by atoms with Gasteiger partial charge < -0.3 is 20.7 Å². The lowest BCUT2D eigenvalue weighted by Gasteiger charge is -2.24. The molecule has 0 spiro atoms. The molecule has 0 aromatic carbocycles. The summed E-state index contributed by atoms with van der Waals surface area (Å²) in [5.41, 5.74) is 4.44. The average molecular weight is 463 g/mol. The number of aromatic nitrogens is 1. The Morgan fingerprint density at radius 1 is 1.47 bits per heavy atom. The number of halogens is 1. The van der Waals surface area contributed by atoms with Crippen LogP contribution in [0.1, 0.15) is 24.0 Å². The largest absolute Gasteiger partial charge is 0.476 e. The van der Waals surface area contributed by atoms with Gasteiger partial charge in [0.1, 0.15) is 6.61 Å². The first-order valence-electron chi connectivity index (χ1n) is 10.5. The molecule has 0 saturated carbocycles. The highest BCUT2D eigenvalue weighted by Crippen LogP contribution is 2.18. The topological polar surface area (TPSA) is 100 Å². The number of unbranched alkanes of at least 4 members (excludes halogenated alkanes) is 1. The van der Waals surface area contributed by atoms with Gasteiger partial charge in [-0.1, -0.05) is 11.8 Å². The van der Waals surface area contributed by atoms with Gasteiger partial charge in [-0.25, -0.2) is 4.98 Å². The minimum atomic E-state index is -0.00294. The molecule has 1 atom stereocenters. The Bertz CT molecular complexity index is 859. The third-order valence-electron chi connectivity index (χ3n) is 4.76. The molecule has 1 aromatic rings. The third kappa shape index (κ3) is 8.08. The Kier molecular flexibility index (Phi) is 11.5. The van der Waals surface area contributed by atoms with Crippen LogP contribution in [0.3, 0.4) is 0 Å². The summed E-state index contributed by atoms with van der Waals surface area (Å²) in [6.07, 6.45) is 9.04. The van der Waals surface area contributed by atoms with Crippen molar-refractivity contribution in [3.05, 3.63) is 64.1 Å². The second kappa shape index (κ2) is 14.4. The Hall–Kier alpha value is -2.72. The summed E-state index contributed by atoms with van der Waals surface area (Å²) in [5, 5.41) is 12.7. The fraction of sp³-hybridized carbons (Fsp3) is 0.455. The first kappa shape index (κ1) is 25.5. The Morgan fingerprint density at radius 2 is 2.31 bits per heavy atom. The predicted molar refractivity (Wildman–Crippen MR) is 129 cm³/mol. The van der Waals surface area contributed by atoms with Crippen molar-refractivity contribution in [2.75, 3.05) is 32.5 Å². The van der Waals surface area contributed by atoms with Crippen molar-refractivity contribution in [2.45, 2.75) is 32.4 Å². The van der Waals surface area contributed by atoms with Crippen molar-refractivity contribution >= 4 is 18.4 Å². The minimum Gasteiger partial charge on any atom is -0.476 e. The number of pyridine rings is 1. The van der Waals surface area contributed by atoms with Gasteiger partial charge in [0.25, 0.3) is 0 Å². The van der Waals surface area contributed by atoms with Crippen molar-refractivity contribution in [3.8, 4) is 5.88 Å². The Balaban J connectivity index is 2.04. The van der Waals surface area contributed by atoms with Gasteiger partial charge in [0.2, 0.25) is 5.88 Å². The fourth-order valence-electron chi connectivity index (χ4n) is 3.13. The molecule has 2 heterocycles. The van der Waals surface area contributed by atoms with E-state index in [0.717, 1.165) is 40.9 Å². The van der Waals surface area contributed by atoms with E-state index >= 15 is 0 Å². The van der Waals surface area contributed by atoms with Crippen molar-refractivity contribution in [1.29, 1.82) is 0 Å². The van der Waals surface area contributed by atoms with Crippen LogP contribution in [0.25, 0.3) is 0 Å². The number of dihydropyridines is 1. The molecule has 0 bridgehead atoms. The lowest BCUT2D eigenvalue weighted by atomic mass is 10.0. The van der Waals surface area contributed by atoms with Gasteiger partial charge in [-0.05, 0) is 50.7 Å².